The molecule has 1 amide bonds. The molecule has 94 valence electrons. The molecule has 2 rings (SSSR count). The van der Waals surface area contributed by atoms with E-state index in [1.807, 2.05) is 6.92 Å². The predicted molar refractivity (Wildman–Crippen MR) is 71.1 cm³/mol. The minimum atomic E-state index is 0.174. The summed E-state index contributed by atoms with van der Waals surface area (Å²) in [6.45, 7) is 5.05. The van der Waals surface area contributed by atoms with E-state index < -0.39 is 0 Å². The van der Waals surface area contributed by atoms with Crippen molar-refractivity contribution in [2.45, 2.75) is 38.8 Å². The van der Waals surface area contributed by atoms with Crippen molar-refractivity contribution in [1.29, 1.82) is 0 Å². The molecule has 0 bridgehead atoms. The molecule has 1 aliphatic heterocycles. The average Bonchev–Trinajstić information content (AvgIpc) is 2.82. The lowest BCUT2D eigenvalue weighted by Crippen LogP contribution is -2.47. The van der Waals surface area contributed by atoms with E-state index in [2.05, 4.69) is 27.0 Å². The third-order valence-corrected chi connectivity index (χ3v) is 3.91. The van der Waals surface area contributed by atoms with Crippen LogP contribution in [-0.4, -0.2) is 29.9 Å². The van der Waals surface area contributed by atoms with Gasteiger partial charge in [0.25, 0.3) is 0 Å². The van der Waals surface area contributed by atoms with Gasteiger partial charge in [0.1, 0.15) is 0 Å². The fourth-order valence-corrected chi connectivity index (χ4v) is 2.95. The van der Waals surface area contributed by atoms with Crippen molar-refractivity contribution in [3.8, 4) is 0 Å². The van der Waals surface area contributed by atoms with Crippen LogP contribution >= 0.6 is 11.3 Å². The van der Waals surface area contributed by atoms with E-state index in [0.29, 0.717) is 12.5 Å². The highest BCUT2D eigenvalue weighted by Crippen LogP contribution is 2.15. The van der Waals surface area contributed by atoms with Crippen LogP contribution in [0.3, 0.4) is 0 Å². The lowest BCUT2D eigenvalue weighted by molar-refractivity contribution is -0.121. The molecule has 1 aromatic heterocycles. The summed E-state index contributed by atoms with van der Waals surface area (Å²) in [7, 11) is 0. The molecule has 0 spiro atoms. The summed E-state index contributed by atoms with van der Waals surface area (Å²) in [4.78, 5) is 13.8. The minimum Gasteiger partial charge on any atom is -0.352 e. The Hall–Kier alpha value is -0.870. The third-order valence-electron chi connectivity index (χ3n) is 3.18. The number of hydrogen-bond acceptors (Lipinski definition) is 3. The van der Waals surface area contributed by atoms with E-state index in [1.54, 1.807) is 11.3 Å². The van der Waals surface area contributed by atoms with Gasteiger partial charge in [0.15, 0.2) is 0 Å². The quantitative estimate of drug-likeness (QED) is 0.891. The summed E-state index contributed by atoms with van der Waals surface area (Å²) in [5, 5.41) is 7.42. The summed E-state index contributed by atoms with van der Waals surface area (Å²) in [6.07, 6.45) is 2.88. The van der Waals surface area contributed by atoms with Gasteiger partial charge in [-0.3, -0.25) is 9.69 Å². The second-order valence-electron chi connectivity index (χ2n) is 4.63. The maximum atomic E-state index is 11.4. The fraction of sp³-hybridized carbons (Fsp3) is 0.615. The number of carbonyl (C=O) groups is 1. The SMILES string of the molecule is CCC(=O)N[C@@H]1CCCN(Cc2ccsc2)C1. The van der Waals surface area contributed by atoms with E-state index in [9.17, 15) is 4.79 Å². The summed E-state index contributed by atoms with van der Waals surface area (Å²) >= 11 is 1.75. The molecule has 3 nitrogen and oxygen atoms in total. The molecule has 1 saturated heterocycles. The molecule has 1 fully saturated rings. The maximum absolute atomic E-state index is 11.4. The molecule has 0 radical (unpaired) electrons. The molecule has 0 unspecified atom stereocenters. The molecule has 1 aliphatic rings. The zero-order chi connectivity index (χ0) is 12.1. The molecule has 1 atom stereocenters. The van der Waals surface area contributed by atoms with Crippen molar-refractivity contribution in [2.75, 3.05) is 13.1 Å². The first kappa shape index (κ1) is 12.6. The van der Waals surface area contributed by atoms with Gasteiger partial charge < -0.3 is 5.32 Å². The van der Waals surface area contributed by atoms with Crippen molar-refractivity contribution in [2.24, 2.45) is 0 Å². The molecule has 17 heavy (non-hydrogen) atoms. The number of thiophene rings is 1. The summed E-state index contributed by atoms with van der Waals surface area (Å²) in [5.41, 5.74) is 1.39. The molecule has 1 aromatic rings. The standard InChI is InChI=1S/C13H20N2OS/c1-2-13(16)14-12-4-3-6-15(9-12)8-11-5-7-17-10-11/h5,7,10,12H,2-4,6,8-9H2,1H3,(H,14,16)/t12-/m1/s1. The van der Waals surface area contributed by atoms with Crippen LogP contribution in [0.2, 0.25) is 0 Å². The monoisotopic (exact) mass is 252 g/mol. The molecule has 4 heteroatoms. The number of carbonyl (C=O) groups excluding carboxylic acids is 1. The van der Waals surface area contributed by atoms with Gasteiger partial charge in [-0.15, -0.1) is 0 Å². The zero-order valence-electron chi connectivity index (χ0n) is 10.3. The second kappa shape index (κ2) is 6.17. The number of nitrogens with zero attached hydrogens (tertiary/aromatic N) is 1. The number of piperidine rings is 1. The maximum Gasteiger partial charge on any atom is 0.219 e. The van der Waals surface area contributed by atoms with Crippen LogP contribution in [0.4, 0.5) is 0 Å². The Morgan fingerprint density at radius 3 is 3.24 bits per heavy atom. The topological polar surface area (TPSA) is 32.3 Å². The number of hydrogen-bond donors (Lipinski definition) is 1. The predicted octanol–water partition coefficient (Wildman–Crippen LogP) is 2.24. The normalized spacial score (nSPS) is 21.4. The minimum absolute atomic E-state index is 0.174. The first-order valence-corrected chi connectivity index (χ1v) is 7.25. The van der Waals surface area contributed by atoms with E-state index in [1.165, 1.54) is 12.0 Å². The summed E-state index contributed by atoms with van der Waals surface area (Å²) in [5.74, 6) is 0.174. The number of nitrogens with one attached hydrogen (secondary N) is 1. The Bertz CT molecular complexity index is 350. The van der Waals surface area contributed by atoms with Gasteiger partial charge in [-0.2, -0.15) is 11.3 Å². The largest absolute Gasteiger partial charge is 0.352 e. The van der Waals surface area contributed by atoms with Crippen molar-refractivity contribution in [1.82, 2.24) is 10.2 Å². The van der Waals surface area contributed by atoms with Gasteiger partial charge in [0.2, 0.25) is 5.91 Å². The highest BCUT2D eigenvalue weighted by molar-refractivity contribution is 7.07. The molecule has 1 N–H and O–H groups in total. The molecule has 2 heterocycles. The first-order chi connectivity index (χ1) is 8.28. The number of rotatable bonds is 4. The smallest absolute Gasteiger partial charge is 0.219 e. The number of likely N-dealkylation sites (tertiary alicyclic amines) is 1. The summed E-state index contributed by atoms with van der Waals surface area (Å²) in [6, 6.07) is 2.52. The molecule has 0 saturated carbocycles. The third kappa shape index (κ3) is 3.82. The summed E-state index contributed by atoms with van der Waals surface area (Å²) < 4.78 is 0. The van der Waals surface area contributed by atoms with Crippen LogP contribution in [0.15, 0.2) is 16.8 Å². The Kier molecular flexibility index (Phi) is 4.57. The molecule has 0 aliphatic carbocycles. The van der Waals surface area contributed by atoms with Gasteiger partial charge in [-0.1, -0.05) is 6.92 Å². The lowest BCUT2D eigenvalue weighted by atomic mass is 10.1. The van der Waals surface area contributed by atoms with Crippen molar-refractivity contribution < 1.29 is 4.79 Å². The molecular weight excluding hydrogens is 232 g/mol. The van der Waals surface area contributed by atoms with Crippen LogP contribution in [0.1, 0.15) is 31.7 Å². The Morgan fingerprint density at radius 1 is 1.65 bits per heavy atom. The molecular formula is C13H20N2OS. The highest BCUT2D eigenvalue weighted by atomic mass is 32.1. The average molecular weight is 252 g/mol. The van der Waals surface area contributed by atoms with Gasteiger partial charge in [-0.25, -0.2) is 0 Å². The zero-order valence-corrected chi connectivity index (χ0v) is 11.1. The Balaban J connectivity index is 1.82. The number of amides is 1. The van der Waals surface area contributed by atoms with E-state index in [0.717, 1.165) is 26.1 Å². The van der Waals surface area contributed by atoms with Crippen molar-refractivity contribution in [3.05, 3.63) is 22.4 Å². The molecule has 0 aromatic carbocycles. The van der Waals surface area contributed by atoms with Crippen LogP contribution in [-0.2, 0) is 11.3 Å². The fourth-order valence-electron chi connectivity index (χ4n) is 2.29. The lowest BCUT2D eigenvalue weighted by Gasteiger charge is -2.32. The van der Waals surface area contributed by atoms with Crippen molar-refractivity contribution in [3.63, 3.8) is 0 Å². The van der Waals surface area contributed by atoms with Gasteiger partial charge >= 0.3 is 0 Å². The van der Waals surface area contributed by atoms with Crippen LogP contribution in [0.5, 0.6) is 0 Å². The Morgan fingerprint density at radius 2 is 2.53 bits per heavy atom. The van der Waals surface area contributed by atoms with Gasteiger partial charge in [-0.05, 0) is 41.8 Å². The highest BCUT2D eigenvalue weighted by Gasteiger charge is 2.20. The van der Waals surface area contributed by atoms with E-state index >= 15 is 0 Å². The van der Waals surface area contributed by atoms with Crippen LogP contribution < -0.4 is 5.32 Å². The first-order valence-electron chi connectivity index (χ1n) is 6.30. The van der Waals surface area contributed by atoms with Gasteiger partial charge in [0.05, 0.1) is 0 Å². The van der Waals surface area contributed by atoms with E-state index in [4.69, 9.17) is 0 Å². The van der Waals surface area contributed by atoms with Crippen molar-refractivity contribution >= 4 is 17.2 Å². The Labute approximate surface area is 107 Å². The second-order valence-corrected chi connectivity index (χ2v) is 5.41. The van der Waals surface area contributed by atoms with Gasteiger partial charge in [0, 0.05) is 25.6 Å². The van der Waals surface area contributed by atoms with Crippen LogP contribution in [0.25, 0.3) is 0 Å². The van der Waals surface area contributed by atoms with E-state index in [-0.39, 0.29) is 5.91 Å². The van der Waals surface area contributed by atoms with Crippen LogP contribution in [0, 0.1) is 0 Å².